The monoisotopic (exact) mass is 338 g/mol. The molecular formula is C17H27FN4O2. The van der Waals surface area contributed by atoms with Gasteiger partial charge in [-0.05, 0) is 26.2 Å². The molecular weight excluding hydrogens is 311 g/mol. The molecule has 1 aromatic rings. The van der Waals surface area contributed by atoms with E-state index in [2.05, 4.69) is 10.00 Å². The van der Waals surface area contributed by atoms with E-state index in [9.17, 15) is 4.39 Å². The number of aromatic nitrogens is 2. The lowest BCUT2D eigenvalue weighted by Crippen LogP contribution is -2.41. The van der Waals surface area contributed by atoms with Gasteiger partial charge in [0.25, 0.3) is 0 Å². The maximum Gasteiger partial charge on any atom is 0.160 e. The lowest BCUT2D eigenvalue weighted by Gasteiger charge is -2.25. The molecule has 3 aliphatic rings. The number of aryl methyl sites for hydroxylation is 1. The maximum atomic E-state index is 13.9. The Balaban J connectivity index is 1.33. The van der Waals surface area contributed by atoms with Crippen LogP contribution >= 0.6 is 0 Å². The van der Waals surface area contributed by atoms with Crippen molar-refractivity contribution >= 4 is 0 Å². The number of hydrogen-bond acceptors (Lipinski definition) is 5. The van der Waals surface area contributed by atoms with Gasteiger partial charge in [-0.3, -0.25) is 9.58 Å². The smallest absolute Gasteiger partial charge is 0.160 e. The van der Waals surface area contributed by atoms with E-state index in [1.165, 1.54) is 19.3 Å². The van der Waals surface area contributed by atoms with E-state index in [4.69, 9.17) is 15.2 Å². The van der Waals surface area contributed by atoms with E-state index < -0.39 is 6.17 Å². The van der Waals surface area contributed by atoms with Gasteiger partial charge in [0.1, 0.15) is 11.9 Å². The number of rotatable bonds is 5. The molecule has 1 aliphatic carbocycles. The molecule has 1 aromatic heterocycles. The van der Waals surface area contributed by atoms with Crippen LogP contribution in [0.3, 0.4) is 0 Å². The highest BCUT2D eigenvalue weighted by Gasteiger charge is 2.40. The molecule has 2 N–H and O–H groups in total. The van der Waals surface area contributed by atoms with Crippen LogP contribution in [0.5, 0.6) is 5.75 Å². The van der Waals surface area contributed by atoms with Crippen molar-refractivity contribution in [1.82, 2.24) is 14.7 Å². The number of ether oxygens (including phenoxy) is 2. The molecule has 4 atom stereocenters. The quantitative estimate of drug-likeness (QED) is 0.876. The molecule has 2 saturated heterocycles. The molecule has 134 valence electrons. The van der Waals surface area contributed by atoms with E-state index in [1.807, 2.05) is 17.8 Å². The van der Waals surface area contributed by atoms with Crippen LogP contribution in [-0.2, 0) is 4.74 Å². The average Bonchev–Trinajstić information content (AvgIpc) is 3.15. The van der Waals surface area contributed by atoms with Gasteiger partial charge in [-0.1, -0.05) is 0 Å². The minimum atomic E-state index is -0.903. The maximum absolute atomic E-state index is 13.9. The summed E-state index contributed by atoms with van der Waals surface area (Å²) in [5.74, 6) is 1.06. The molecule has 24 heavy (non-hydrogen) atoms. The fourth-order valence-electron chi connectivity index (χ4n) is 3.87. The van der Waals surface area contributed by atoms with Crippen LogP contribution in [0.4, 0.5) is 4.39 Å². The summed E-state index contributed by atoms with van der Waals surface area (Å²) in [6, 6.07) is 0.401. The molecule has 2 unspecified atom stereocenters. The molecule has 0 amide bonds. The minimum absolute atomic E-state index is 0.0137. The molecule has 7 heteroatoms. The third-order valence-electron chi connectivity index (χ3n) is 5.75. The van der Waals surface area contributed by atoms with Crippen LogP contribution in [0.2, 0.25) is 0 Å². The topological polar surface area (TPSA) is 65.5 Å². The van der Waals surface area contributed by atoms with Gasteiger partial charge in [0, 0.05) is 25.0 Å². The molecule has 0 bridgehead atoms. The summed E-state index contributed by atoms with van der Waals surface area (Å²) in [6.07, 6.45) is 4.81. The first-order chi connectivity index (χ1) is 11.6. The summed E-state index contributed by atoms with van der Waals surface area (Å²) in [4.78, 5) is 2.13. The van der Waals surface area contributed by atoms with Gasteiger partial charge in [0.05, 0.1) is 38.1 Å². The van der Waals surface area contributed by atoms with Gasteiger partial charge in [-0.15, -0.1) is 0 Å². The second-order valence-electron chi connectivity index (χ2n) is 7.45. The lowest BCUT2D eigenvalue weighted by molar-refractivity contribution is 0.149. The Morgan fingerprint density at radius 2 is 2.21 bits per heavy atom. The van der Waals surface area contributed by atoms with E-state index in [0.717, 1.165) is 18.0 Å². The molecule has 4 rings (SSSR count). The summed E-state index contributed by atoms with van der Waals surface area (Å²) in [7, 11) is 0. The minimum Gasteiger partial charge on any atom is -0.490 e. The largest absolute Gasteiger partial charge is 0.490 e. The van der Waals surface area contributed by atoms with Crippen molar-refractivity contribution in [3.05, 3.63) is 11.9 Å². The normalized spacial score (nSPS) is 34.6. The zero-order valence-corrected chi connectivity index (χ0v) is 14.2. The Bertz CT molecular complexity index is 577. The van der Waals surface area contributed by atoms with Crippen LogP contribution < -0.4 is 10.5 Å². The van der Waals surface area contributed by atoms with Gasteiger partial charge >= 0.3 is 0 Å². The third-order valence-corrected chi connectivity index (χ3v) is 5.75. The molecule has 1 saturated carbocycles. The zero-order valence-electron chi connectivity index (χ0n) is 14.2. The van der Waals surface area contributed by atoms with Crippen molar-refractivity contribution in [3.8, 4) is 5.75 Å². The SMILES string of the molecule is Cc1nn(C2CCC2)cc1OC[C@H]1CN(C2COCC2F)C[C@@H]1N. The number of nitrogens with zero attached hydrogens (tertiary/aromatic N) is 3. The second-order valence-corrected chi connectivity index (χ2v) is 7.45. The third kappa shape index (κ3) is 3.05. The van der Waals surface area contributed by atoms with Crippen LogP contribution in [0.1, 0.15) is 31.0 Å². The Labute approximate surface area is 142 Å². The average molecular weight is 338 g/mol. The van der Waals surface area contributed by atoms with Gasteiger partial charge in [0.2, 0.25) is 0 Å². The van der Waals surface area contributed by atoms with Crippen molar-refractivity contribution in [2.24, 2.45) is 11.7 Å². The van der Waals surface area contributed by atoms with Crippen molar-refractivity contribution in [2.45, 2.75) is 50.5 Å². The van der Waals surface area contributed by atoms with E-state index >= 15 is 0 Å². The number of hydrogen-bond donors (Lipinski definition) is 1. The Kier molecular flexibility index (Phi) is 4.49. The molecule has 3 fully saturated rings. The molecule has 0 radical (unpaired) electrons. The Morgan fingerprint density at radius 3 is 2.88 bits per heavy atom. The van der Waals surface area contributed by atoms with E-state index in [1.54, 1.807) is 0 Å². The van der Waals surface area contributed by atoms with Crippen LogP contribution in [0.15, 0.2) is 6.20 Å². The second kappa shape index (κ2) is 6.61. The first-order valence-corrected chi connectivity index (χ1v) is 9.02. The first-order valence-electron chi connectivity index (χ1n) is 9.02. The fourth-order valence-corrected chi connectivity index (χ4v) is 3.87. The molecule has 0 spiro atoms. The number of alkyl halides is 1. The van der Waals surface area contributed by atoms with E-state index in [0.29, 0.717) is 25.8 Å². The number of likely N-dealkylation sites (tertiary alicyclic amines) is 1. The summed E-state index contributed by atoms with van der Waals surface area (Å²) in [5.41, 5.74) is 7.19. The Morgan fingerprint density at radius 1 is 1.38 bits per heavy atom. The van der Waals surface area contributed by atoms with Gasteiger partial charge in [-0.2, -0.15) is 5.10 Å². The lowest BCUT2D eigenvalue weighted by atomic mass is 9.93. The van der Waals surface area contributed by atoms with Gasteiger partial charge < -0.3 is 15.2 Å². The predicted octanol–water partition coefficient (Wildman–Crippen LogP) is 1.29. The summed E-state index contributed by atoms with van der Waals surface area (Å²) >= 11 is 0. The molecule has 2 aliphatic heterocycles. The van der Waals surface area contributed by atoms with Gasteiger partial charge in [0.15, 0.2) is 5.75 Å². The molecule has 6 nitrogen and oxygen atoms in total. The summed E-state index contributed by atoms with van der Waals surface area (Å²) < 4.78 is 27.2. The molecule has 3 heterocycles. The van der Waals surface area contributed by atoms with E-state index in [-0.39, 0.29) is 24.6 Å². The Hall–Kier alpha value is -1.18. The highest BCUT2D eigenvalue weighted by molar-refractivity contribution is 5.23. The predicted molar refractivity (Wildman–Crippen MR) is 87.9 cm³/mol. The highest BCUT2D eigenvalue weighted by Crippen LogP contribution is 2.33. The summed E-state index contributed by atoms with van der Waals surface area (Å²) in [6.45, 7) is 4.69. The number of nitrogens with two attached hydrogens (primary N) is 1. The van der Waals surface area contributed by atoms with Crippen LogP contribution in [-0.4, -0.2) is 65.8 Å². The van der Waals surface area contributed by atoms with Crippen molar-refractivity contribution in [2.75, 3.05) is 32.9 Å². The zero-order chi connectivity index (χ0) is 16.7. The summed E-state index contributed by atoms with van der Waals surface area (Å²) in [5, 5.41) is 4.57. The standard InChI is InChI=1S/C17H27FN4O2/c1-11-17(7-22(20-11)13-3-2-4-13)24-8-12-5-21(6-15(12)19)16-10-23-9-14(16)18/h7,12-16H,2-6,8-10,19H2,1H3/t12-,14?,15+,16?/m1/s1. The van der Waals surface area contributed by atoms with Crippen molar-refractivity contribution < 1.29 is 13.9 Å². The van der Waals surface area contributed by atoms with Crippen LogP contribution in [0.25, 0.3) is 0 Å². The van der Waals surface area contributed by atoms with Crippen molar-refractivity contribution in [1.29, 1.82) is 0 Å². The highest BCUT2D eigenvalue weighted by atomic mass is 19.1. The first kappa shape index (κ1) is 16.3. The van der Waals surface area contributed by atoms with Crippen molar-refractivity contribution in [3.63, 3.8) is 0 Å². The van der Waals surface area contributed by atoms with Crippen LogP contribution in [0, 0.1) is 12.8 Å². The van der Waals surface area contributed by atoms with Gasteiger partial charge in [-0.25, -0.2) is 4.39 Å². The molecule has 0 aromatic carbocycles. The fraction of sp³-hybridized carbons (Fsp3) is 0.824. The number of halogens is 1.